The molecule has 0 saturated carbocycles. The molecule has 0 bridgehead atoms. The van der Waals surface area contributed by atoms with Crippen LogP contribution in [-0.2, 0) is 0 Å². The molecule has 3 aromatic rings. The Hall–Kier alpha value is -2.19. The van der Waals surface area contributed by atoms with Gasteiger partial charge >= 0.3 is 0 Å². The van der Waals surface area contributed by atoms with Crippen LogP contribution in [0.4, 0.5) is 10.1 Å². The van der Waals surface area contributed by atoms with E-state index in [2.05, 4.69) is 36.4 Å². The van der Waals surface area contributed by atoms with Crippen LogP contribution in [0.2, 0.25) is 0 Å². The van der Waals surface area contributed by atoms with Crippen molar-refractivity contribution in [1.82, 2.24) is 15.2 Å². The maximum absolute atomic E-state index is 13.3. The van der Waals surface area contributed by atoms with Gasteiger partial charge in [0.05, 0.1) is 0 Å². The normalized spacial score (nSPS) is 15.4. The van der Waals surface area contributed by atoms with E-state index in [9.17, 15) is 4.39 Å². The Bertz CT molecular complexity index is 938. The number of rotatable bonds is 2. The van der Waals surface area contributed by atoms with Crippen LogP contribution in [-0.4, -0.2) is 21.4 Å². The highest BCUT2D eigenvalue weighted by Gasteiger charge is 2.26. The topological polar surface area (TPSA) is 59.9 Å². The number of thioether (sulfide) groups is 1. The second-order valence-corrected chi connectivity index (χ2v) is 7.03. The van der Waals surface area contributed by atoms with Gasteiger partial charge in [-0.1, -0.05) is 39.8 Å². The van der Waals surface area contributed by atoms with Crippen LogP contribution in [0, 0.1) is 5.82 Å². The number of nitrogens with zero attached hydrogens (tertiary/aromatic N) is 3. The third-order valence-electron chi connectivity index (χ3n) is 3.74. The average molecular weight is 419 g/mol. The molecule has 2 heterocycles. The van der Waals surface area contributed by atoms with Crippen LogP contribution in [0.3, 0.4) is 0 Å². The highest BCUT2D eigenvalue weighted by atomic mass is 79.9. The fourth-order valence-electron chi connectivity index (χ4n) is 2.54. The predicted molar refractivity (Wildman–Crippen MR) is 98.1 cm³/mol. The molecule has 0 unspecified atom stereocenters. The van der Waals surface area contributed by atoms with Crippen molar-refractivity contribution in [2.75, 3.05) is 11.6 Å². The predicted octanol–water partition coefficient (Wildman–Crippen LogP) is 4.67. The minimum atomic E-state index is -0.520. The molecule has 0 radical (unpaired) electrons. The Kier molecular flexibility index (Phi) is 4.30. The molecule has 0 saturated heterocycles. The molecule has 1 aliphatic heterocycles. The first-order chi connectivity index (χ1) is 12.1. The van der Waals surface area contributed by atoms with E-state index < -0.39 is 6.23 Å². The van der Waals surface area contributed by atoms with E-state index in [0.29, 0.717) is 16.7 Å². The van der Waals surface area contributed by atoms with Crippen molar-refractivity contribution in [2.24, 2.45) is 0 Å². The Balaban J connectivity index is 1.87. The van der Waals surface area contributed by atoms with E-state index >= 15 is 0 Å². The lowest BCUT2D eigenvalue weighted by atomic mass is 10.1. The Morgan fingerprint density at radius 2 is 1.96 bits per heavy atom. The van der Waals surface area contributed by atoms with Crippen molar-refractivity contribution in [3.05, 3.63) is 58.3 Å². The largest absolute Gasteiger partial charge is 0.448 e. The number of fused-ring (bicyclic) bond motifs is 3. The number of halogens is 2. The summed E-state index contributed by atoms with van der Waals surface area (Å²) in [5, 5.41) is 12.3. The molecule has 5 nitrogen and oxygen atoms in total. The van der Waals surface area contributed by atoms with Crippen molar-refractivity contribution in [3.63, 3.8) is 0 Å². The van der Waals surface area contributed by atoms with Gasteiger partial charge in [0.25, 0.3) is 0 Å². The minimum Gasteiger partial charge on any atom is -0.448 e. The number of hydrogen-bond donors (Lipinski definition) is 1. The van der Waals surface area contributed by atoms with Crippen molar-refractivity contribution in [2.45, 2.75) is 11.4 Å². The summed E-state index contributed by atoms with van der Waals surface area (Å²) in [6, 6.07) is 12.0. The number of nitrogens with one attached hydrogen (secondary N) is 1. The zero-order valence-corrected chi connectivity index (χ0v) is 15.4. The minimum absolute atomic E-state index is 0.296. The summed E-state index contributed by atoms with van der Waals surface area (Å²) in [6.07, 6.45) is 1.36. The van der Waals surface area contributed by atoms with Crippen molar-refractivity contribution >= 4 is 33.4 Å². The fourth-order valence-corrected chi connectivity index (χ4v) is 3.20. The van der Waals surface area contributed by atoms with Crippen molar-refractivity contribution in [3.8, 4) is 17.1 Å². The molecule has 1 N–H and O–H groups in total. The standard InChI is InChI=1S/C17H12BrFN4OS/c1-25-17-21-16-14(22-23-17)12-8-10(18)4-7-13(12)20-15(24-16)9-2-5-11(19)6-3-9/h2-8,15,20H,1H3/t15-/m1/s1. The summed E-state index contributed by atoms with van der Waals surface area (Å²) in [4.78, 5) is 4.45. The lowest BCUT2D eigenvalue weighted by Gasteiger charge is -2.19. The Labute approximate surface area is 156 Å². The smallest absolute Gasteiger partial charge is 0.247 e. The number of anilines is 1. The molecule has 1 atom stereocenters. The molecule has 8 heteroatoms. The number of aromatic nitrogens is 3. The number of hydrogen-bond acceptors (Lipinski definition) is 6. The number of benzene rings is 2. The van der Waals surface area contributed by atoms with Crippen molar-refractivity contribution in [1.29, 1.82) is 0 Å². The van der Waals surface area contributed by atoms with E-state index in [0.717, 1.165) is 21.3 Å². The van der Waals surface area contributed by atoms with Crippen LogP contribution in [0.5, 0.6) is 5.88 Å². The average Bonchev–Trinajstić information content (AvgIpc) is 2.78. The molecule has 126 valence electrons. The molecule has 1 aliphatic rings. The highest BCUT2D eigenvalue weighted by Crippen LogP contribution is 2.40. The maximum atomic E-state index is 13.3. The first-order valence-corrected chi connectivity index (χ1v) is 9.43. The van der Waals surface area contributed by atoms with Gasteiger partial charge in [0, 0.05) is 21.3 Å². The Morgan fingerprint density at radius 1 is 1.16 bits per heavy atom. The van der Waals surface area contributed by atoms with E-state index in [1.807, 2.05) is 24.5 Å². The lowest BCUT2D eigenvalue weighted by Crippen LogP contribution is -2.17. The van der Waals surface area contributed by atoms with E-state index in [1.54, 1.807) is 12.1 Å². The summed E-state index contributed by atoms with van der Waals surface area (Å²) in [7, 11) is 0. The van der Waals surface area contributed by atoms with Crippen LogP contribution in [0.1, 0.15) is 11.8 Å². The van der Waals surface area contributed by atoms with E-state index in [1.165, 1.54) is 23.9 Å². The zero-order chi connectivity index (χ0) is 17.4. The quantitative estimate of drug-likeness (QED) is 0.610. The molecular formula is C17H12BrFN4OS. The first-order valence-electron chi connectivity index (χ1n) is 7.41. The monoisotopic (exact) mass is 418 g/mol. The summed E-state index contributed by atoms with van der Waals surface area (Å²) in [6.45, 7) is 0. The second kappa shape index (κ2) is 6.61. The first kappa shape index (κ1) is 16.3. The summed E-state index contributed by atoms with van der Waals surface area (Å²) in [5.41, 5.74) is 3.02. The summed E-state index contributed by atoms with van der Waals surface area (Å²) < 4.78 is 20.2. The van der Waals surface area contributed by atoms with Crippen LogP contribution >= 0.6 is 27.7 Å². The Morgan fingerprint density at radius 3 is 2.72 bits per heavy atom. The van der Waals surface area contributed by atoms with Gasteiger partial charge in [-0.2, -0.15) is 4.98 Å². The maximum Gasteiger partial charge on any atom is 0.247 e. The third-order valence-corrected chi connectivity index (χ3v) is 4.77. The third kappa shape index (κ3) is 3.19. The van der Waals surface area contributed by atoms with Gasteiger partial charge in [-0.3, -0.25) is 0 Å². The molecule has 0 fully saturated rings. The molecule has 1 aromatic heterocycles. The van der Waals surface area contributed by atoms with E-state index in [4.69, 9.17) is 4.74 Å². The van der Waals surface area contributed by atoms with Crippen LogP contribution < -0.4 is 10.1 Å². The highest BCUT2D eigenvalue weighted by molar-refractivity contribution is 9.10. The summed E-state index contributed by atoms with van der Waals surface area (Å²) in [5.74, 6) is 0.0915. The molecule has 2 aromatic carbocycles. The molecule has 0 aliphatic carbocycles. The zero-order valence-electron chi connectivity index (χ0n) is 13.0. The SMILES string of the molecule is CSc1nnc2c(n1)O[C@H](c1ccc(F)cc1)Nc1ccc(Br)cc1-2. The second-order valence-electron chi connectivity index (χ2n) is 5.34. The van der Waals surface area contributed by atoms with Crippen LogP contribution in [0.25, 0.3) is 11.3 Å². The van der Waals surface area contributed by atoms with Gasteiger partial charge in [-0.25, -0.2) is 4.39 Å². The van der Waals surface area contributed by atoms with E-state index in [-0.39, 0.29) is 5.82 Å². The molecular weight excluding hydrogens is 407 g/mol. The van der Waals surface area contributed by atoms with Crippen LogP contribution in [0.15, 0.2) is 52.1 Å². The number of ether oxygens (including phenoxy) is 1. The van der Waals surface area contributed by atoms with Crippen molar-refractivity contribution < 1.29 is 9.13 Å². The van der Waals surface area contributed by atoms with Gasteiger partial charge in [0.2, 0.25) is 11.0 Å². The molecule has 0 spiro atoms. The fraction of sp³-hybridized carbons (Fsp3) is 0.118. The summed E-state index contributed by atoms with van der Waals surface area (Å²) >= 11 is 4.87. The van der Waals surface area contributed by atoms with Gasteiger partial charge in [-0.05, 0) is 36.6 Å². The lowest BCUT2D eigenvalue weighted by molar-refractivity contribution is 0.225. The molecule has 25 heavy (non-hydrogen) atoms. The van der Waals surface area contributed by atoms with Gasteiger partial charge < -0.3 is 10.1 Å². The van der Waals surface area contributed by atoms with Gasteiger partial charge in [-0.15, -0.1) is 10.2 Å². The molecule has 4 rings (SSSR count). The van der Waals surface area contributed by atoms with Gasteiger partial charge in [0.15, 0.2) is 11.9 Å². The molecule has 0 amide bonds. The van der Waals surface area contributed by atoms with Gasteiger partial charge in [0.1, 0.15) is 5.82 Å².